The van der Waals surface area contributed by atoms with Gasteiger partial charge >= 0.3 is 0 Å². The van der Waals surface area contributed by atoms with Gasteiger partial charge in [-0.25, -0.2) is 0 Å². The van der Waals surface area contributed by atoms with E-state index in [4.69, 9.17) is 11.6 Å². The summed E-state index contributed by atoms with van der Waals surface area (Å²) in [6, 6.07) is 0. The Labute approximate surface area is 110 Å². The summed E-state index contributed by atoms with van der Waals surface area (Å²) < 4.78 is 28.6. The molecule has 0 atom stereocenters. The van der Waals surface area contributed by atoms with Crippen LogP contribution in [-0.4, -0.2) is 37.2 Å². The fourth-order valence-electron chi connectivity index (χ4n) is 2.39. The summed E-state index contributed by atoms with van der Waals surface area (Å²) in [6.45, 7) is 4.67. The van der Waals surface area contributed by atoms with Gasteiger partial charge in [-0.2, -0.15) is 17.4 Å². The summed E-state index contributed by atoms with van der Waals surface area (Å²) in [5, 5.41) is 0. The van der Waals surface area contributed by atoms with E-state index in [-0.39, 0.29) is 0 Å². The third-order valence-corrected chi connectivity index (χ3v) is 5.86. The number of nitrogens with one attached hydrogen (secondary N) is 1. The van der Waals surface area contributed by atoms with E-state index in [2.05, 4.69) is 4.72 Å². The lowest BCUT2D eigenvalue weighted by molar-refractivity contribution is 0.288. The van der Waals surface area contributed by atoms with Crippen LogP contribution in [0.5, 0.6) is 0 Å². The maximum absolute atomic E-state index is 12.2. The molecule has 0 aromatic heterocycles. The molecule has 102 valence electrons. The smallest absolute Gasteiger partial charge is 0.195 e. The number of nitrogens with zero attached hydrogens (tertiary/aromatic N) is 1. The van der Waals surface area contributed by atoms with E-state index >= 15 is 0 Å². The Kier molecular flexibility index (Phi) is 5.70. The van der Waals surface area contributed by atoms with E-state index in [0.717, 1.165) is 25.7 Å². The first kappa shape index (κ1) is 15.2. The van der Waals surface area contributed by atoms with E-state index in [0.29, 0.717) is 19.0 Å². The van der Waals surface area contributed by atoms with Gasteiger partial charge in [0.1, 0.15) is 0 Å². The Hall–Kier alpha value is 0.160. The van der Waals surface area contributed by atoms with Gasteiger partial charge < -0.3 is 0 Å². The number of alkyl halides is 1. The molecule has 0 spiro atoms. The van der Waals surface area contributed by atoms with Gasteiger partial charge in [-0.15, -0.1) is 11.6 Å². The summed E-state index contributed by atoms with van der Waals surface area (Å²) in [4.78, 5) is 0. The number of hydrogen-bond donors (Lipinski definition) is 1. The minimum absolute atomic E-state index is 0.355. The standard InChI is InChI=1S/C11H23ClN2O2S/c1-3-14(4-2)17(15,16)13-11(10-12)8-6-5-7-9-11/h13H,3-10H2,1-2H3. The Balaban J connectivity index is 2.79. The fraction of sp³-hybridized carbons (Fsp3) is 1.00. The topological polar surface area (TPSA) is 49.4 Å². The van der Waals surface area contributed by atoms with Gasteiger partial charge in [-0.1, -0.05) is 33.1 Å². The highest BCUT2D eigenvalue weighted by molar-refractivity contribution is 7.87. The lowest BCUT2D eigenvalue weighted by Crippen LogP contribution is -2.55. The largest absolute Gasteiger partial charge is 0.279 e. The molecule has 0 aliphatic heterocycles. The van der Waals surface area contributed by atoms with Crippen LogP contribution in [0.25, 0.3) is 0 Å². The summed E-state index contributed by atoms with van der Waals surface area (Å²) in [6.07, 6.45) is 4.96. The molecule has 0 amide bonds. The highest BCUT2D eigenvalue weighted by atomic mass is 35.5. The molecule has 0 aromatic rings. The van der Waals surface area contributed by atoms with Crippen LogP contribution in [0.1, 0.15) is 46.0 Å². The van der Waals surface area contributed by atoms with Gasteiger partial charge in [-0.05, 0) is 12.8 Å². The van der Waals surface area contributed by atoms with Crippen LogP contribution in [0.2, 0.25) is 0 Å². The van der Waals surface area contributed by atoms with Crippen molar-refractivity contribution < 1.29 is 8.42 Å². The van der Waals surface area contributed by atoms with E-state index in [1.807, 2.05) is 13.8 Å². The lowest BCUT2D eigenvalue weighted by Gasteiger charge is -2.37. The predicted molar refractivity (Wildman–Crippen MR) is 71.5 cm³/mol. The van der Waals surface area contributed by atoms with Gasteiger partial charge in [0, 0.05) is 24.5 Å². The molecule has 1 N–H and O–H groups in total. The first-order valence-corrected chi connectivity index (χ1v) is 8.32. The molecule has 0 radical (unpaired) electrons. The van der Waals surface area contributed by atoms with Crippen LogP contribution in [0, 0.1) is 0 Å². The molecule has 0 bridgehead atoms. The minimum Gasteiger partial charge on any atom is -0.195 e. The normalized spacial score (nSPS) is 20.7. The van der Waals surface area contributed by atoms with Crippen molar-refractivity contribution in [1.29, 1.82) is 0 Å². The van der Waals surface area contributed by atoms with Crippen LogP contribution in [0.4, 0.5) is 0 Å². The molecule has 17 heavy (non-hydrogen) atoms. The quantitative estimate of drug-likeness (QED) is 0.759. The minimum atomic E-state index is -3.39. The van der Waals surface area contributed by atoms with Gasteiger partial charge in [0.25, 0.3) is 10.2 Å². The van der Waals surface area contributed by atoms with E-state index in [1.165, 1.54) is 10.7 Å². The van der Waals surface area contributed by atoms with Crippen molar-refractivity contribution in [3.05, 3.63) is 0 Å². The van der Waals surface area contributed by atoms with Gasteiger partial charge in [0.2, 0.25) is 0 Å². The van der Waals surface area contributed by atoms with Gasteiger partial charge in [0.15, 0.2) is 0 Å². The third-order valence-electron chi connectivity index (χ3n) is 3.46. The molecule has 6 heteroatoms. The molecular formula is C11H23ClN2O2S. The highest BCUT2D eigenvalue weighted by Crippen LogP contribution is 2.30. The molecular weight excluding hydrogens is 260 g/mol. The average Bonchev–Trinajstić information content (AvgIpc) is 2.30. The number of rotatable bonds is 6. The SMILES string of the molecule is CCN(CC)S(=O)(=O)NC1(CCl)CCCCC1. The van der Waals surface area contributed by atoms with Crippen LogP contribution in [0.3, 0.4) is 0 Å². The predicted octanol–water partition coefficient (Wildman–Crippen LogP) is 2.10. The van der Waals surface area contributed by atoms with Crippen molar-refractivity contribution in [3.8, 4) is 0 Å². The molecule has 0 heterocycles. The Morgan fingerprint density at radius 2 is 1.71 bits per heavy atom. The summed E-state index contributed by atoms with van der Waals surface area (Å²) in [7, 11) is -3.39. The molecule has 4 nitrogen and oxygen atoms in total. The Morgan fingerprint density at radius 1 is 1.18 bits per heavy atom. The Bertz CT molecular complexity index is 322. The zero-order valence-corrected chi connectivity index (χ0v) is 12.3. The van der Waals surface area contributed by atoms with Gasteiger partial charge in [-0.3, -0.25) is 0 Å². The molecule has 1 saturated carbocycles. The van der Waals surface area contributed by atoms with Crippen molar-refractivity contribution >= 4 is 21.8 Å². The van der Waals surface area contributed by atoms with Crippen molar-refractivity contribution in [1.82, 2.24) is 9.03 Å². The number of halogens is 1. The molecule has 1 aliphatic rings. The molecule has 1 aliphatic carbocycles. The molecule has 1 rings (SSSR count). The fourth-order valence-corrected chi connectivity index (χ4v) is 4.44. The van der Waals surface area contributed by atoms with Crippen LogP contribution >= 0.6 is 11.6 Å². The highest BCUT2D eigenvalue weighted by Gasteiger charge is 2.36. The van der Waals surface area contributed by atoms with E-state index in [9.17, 15) is 8.42 Å². The summed E-state index contributed by atoms with van der Waals surface area (Å²) in [5.74, 6) is 0.355. The zero-order valence-electron chi connectivity index (χ0n) is 10.7. The van der Waals surface area contributed by atoms with E-state index in [1.54, 1.807) is 0 Å². The van der Waals surface area contributed by atoms with Crippen molar-refractivity contribution in [3.63, 3.8) is 0 Å². The van der Waals surface area contributed by atoms with Crippen LogP contribution in [-0.2, 0) is 10.2 Å². The third kappa shape index (κ3) is 3.81. The van der Waals surface area contributed by atoms with Crippen molar-refractivity contribution in [2.75, 3.05) is 19.0 Å². The van der Waals surface area contributed by atoms with Gasteiger partial charge in [0.05, 0.1) is 0 Å². The number of hydrogen-bond acceptors (Lipinski definition) is 2. The first-order valence-electron chi connectivity index (χ1n) is 6.34. The summed E-state index contributed by atoms with van der Waals surface area (Å²) in [5.41, 5.74) is -0.429. The van der Waals surface area contributed by atoms with Crippen LogP contribution < -0.4 is 4.72 Å². The molecule has 1 fully saturated rings. The molecule has 0 saturated heterocycles. The maximum atomic E-state index is 12.2. The second-order valence-corrected chi connectivity index (χ2v) is 6.60. The molecule has 0 aromatic carbocycles. The average molecular weight is 283 g/mol. The second kappa shape index (κ2) is 6.36. The summed E-state index contributed by atoms with van der Waals surface area (Å²) >= 11 is 5.99. The molecule has 0 unspecified atom stereocenters. The van der Waals surface area contributed by atoms with Crippen molar-refractivity contribution in [2.45, 2.75) is 51.5 Å². The monoisotopic (exact) mass is 282 g/mol. The second-order valence-electron chi connectivity index (χ2n) is 4.67. The lowest BCUT2D eigenvalue weighted by atomic mass is 9.84. The van der Waals surface area contributed by atoms with E-state index < -0.39 is 15.7 Å². The first-order chi connectivity index (χ1) is 7.99. The maximum Gasteiger partial charge on any atom is 0.279 e. The van der Waals surface area contributed by atoms with Crippen LogP contribution in [0.15, 0.2) is 0 Å². The van der Waals surface area contributed by atoms with Crippen molar-refractivity contribution in [2.24, 2.45) is 0 Å². The zero-order chi connectivity index (χ0) is 12.9. The Morgan fingerprint density at radius 3 is 2.12 bits per heavy atom.